The van der Waals surface area contributed by atoms with Gasteiger partial charge in [0.15, 0.2) is 6.10 Å². The third kappa shape index (κ3) is 51.4. The molecule has 1 atom stereocenters. The smallest absolute Gasteiger partial charge is 0.306 e. The van der Waals surface area contributed by atoms with Crippen LogP contribution >= 0.6 is 0 Å². The molecule has 0 aromatic heterocycles. The zero-order valence-corrected chi connectivity index (χ0v) is 43.8. The summed E-state index contributed by atoms with van der Waals surface area (Å²) in [6.07, 6.45) is 56.6. The number of hydrogen-bond acceptors (Lipinski definition) is 6. The van der Waals surface area contributed by atoms with Gasteiger partial charge in [0, 0.05) is 19.3 Å². The predicted molar refractivity (Wildman–Crippen MR) is 275 cm³/mol. The van der Waals surface area contributed by atoms with Crippen molar-refractivity contribution in [2.75, 3.05) is 13.2 Å². The second kappa shape index (κ2) is 52.4. The minimum atomic E-state index is -0.761. The molecule has 0 aromatic carbocycles. The van der Waals surface area contributed by atoms with Crippen molar-refractivity contribution in [1.82, 2.24) is 0 Å². The first-order valence-electron chi connectivity index (χ1n) is 28.9. The molecule has 0 saturated carbocycles. The Bertz CT molecular complexity index is 964. The number of carbonyl (C=O) groups excluding carboxylic acids is 3. The van der Waals surface area contributed by atoms with Crippen LogP contribution in [-0.4, -0.2) is 37.2 Å². The van der Waals surface area contributed by atoms with Crippen molar-refractivity contribution in [2.45, 2.75) is 336 Å². The quantitative estimate of drug-likeness (QED) is 0.0344. The van der Waals surface area contributed by atoms with Crippen molar-refractivity contribution in [3.8, 4) is 0 Å². The standard InChI is InChI=1S/C58H112O6/c1-5-7-9-11-13-15-17-19-21-22-26-29-33-37-41-45-49-56(59)62-52-55(64-58(61)51-47-43-39-35-31-25-20-18-16-14-12-10-8-6-2)53-63-57(60)50-46-42-38-34-30-27-23-24-28-32-36-40-44-48-54(3)4/h54-55H,5-53H2,1-4H3/t55-/m1/s1. The van der Waals surface area contributed by atoms with Gasteiger partial charge < -0.3 is 14.2 Å². The minimum Gasteiger partial charge on any atom is -0.462 e. The maximum atomic E-state index is 12.8. The first-order chi connectivity index (χ1) is 31.4. The van der Waals surface area contributed by atoms with E-state index in [9.17, 15) is 14.4 Å². The second-order valence-corrected chi connectivity index (χ2v) is 20.4. The number of hydrogen-bond donors (Lipinski definition) is 0. The van der Waals surface area contributed by atoms with Crippen LogP contribution < -0.4 is 0 Å². The molecule has 0 heterocycles. The summed E-state index contributed by atoms with van der Waals surface area (Å²) in [5.41, 5.74) is 0. The molecule has 0 fully saturated rings. The van der Waals surface area contributed by atoms with Crippen LogP contribution in [0.25, 0.3) is 0 Å². The van der Waals surface area contributed by atoms with Crippen molar-refractivity contribution in [1.29, 1.82) is 0 Å². The second-order valence-electron chi connectivity index (χ2n) is 20.4. The van der Waals surface area contributed by atoms with Gasteiger partial charge in [-0.05, 0) is 25.2 Å². The van der Waals surface area contributed by atoms with Crippen molar-refractivity contribution in [3.63, 3.8) is 0 Å². The van der Waals surface area contributed by atoms with Crippen LogP contribution in [0.2, 0.25) is 0 Å². The summed E-state index contributed by atoms with van der Waals surface area (Å²) in [7, 11) is 0. The topological polar surface area (TPSA) is 78.9 Å². The fraction of sp³-hybridized carbons (Fsp3) is 0.948. The number of rotatable bonds is 53. The summed E-state index contributed by atoms with van der Waals surface area (Å²) in [5.74, 6) is 0.00495. The van der Waals surface area contributed by atoms with Crippen LogP contribution in [0.15, 0.2) is 0 Å². The molecule has 0 unspecified atom stereocenters. The van der Waals surface area contributed by atoms with Gasteiger partial charge in [-0.3, -0.25) is 14.4 Å². The summed E-state index contributed by atoms with van der Waals surface area (Å²) < 4.78 is 16.9. The molecule has 64 heavy (non-hydrogen) atoms. The molecule has 380 valence electrons. The molecule has 0 N–H and O–H groups in total. The lowest BCUT2D eigenvalue weighted by Gasteiger charge is -2.18. The third-order valence-corrected chi connectivity index (χ3v) is 13.3. The highest BCUT2D eigenvalue weighted by atomic mass is 16.6. The van der Waals surface area contributed by atoms with Crippen LogP contribution in [0.5, 0.6) is 0 Å². The van der Waals surface area contributed by atoms with Gasteiger partial charge in [0.1, 0.15) is 13.2 Å². The Morgan fingerprint density at radius 1 is 0.297 bits per heavy atom. The molecule has 0 aliphatic heterocycles. The summed E-state index contributed by atoms with van der Waals surface area (Å²) in [6.45, 7) is 9.06. The zero-order valence-electron chi connectivity index (χ0n) is 43.8. The van der Waals surface area contributed by atoms with Gasteiger partial charge in [0.05, 0.1) is 0 Å². The van der Waals surface area contributed by atoms with Crippen LogP contribution in [0, 0.1) is 5.92 Å². The van der Waals surface area contributed by atoms with E-state index in [4.69, 9.17) is 14.2 Å². The predicted octanol–water partition coefficient (Wildman–Crippen LogP) is 19.0. The molecular formula is C58H112O6. The Morgan fingerprint density at radius 3 is 0.766 bits per heavy atom. The molecule has 0 amide bonds. The normalized spacial score (nSPS) is 12.0. The first kappa shape index (κ1) is 62.4. The fourth-order valence-corrected chi connectivity index (χ4v) is 8.92. The maximum absolute atomic E-state index is 12.8. The van der Waals surface area contributed by atoms with E-state index < -0.39 is 6.10 Å². The molecule has 6 nitrogen and oxygen atoms in total. The molecule has 0 spiro atoms. The Kier molecular flexibility index (Phi) is 51.1. The van der Waals surface area contributed by atoms with Crippen LogP contribution in [0.1, 0.15) is 329 Å². The van der Waals surface area contributed by atoms with Crippen molar-refractivity contribution >= 4 is 17.9 Å². The van der Waals surface area contributed by atoms with E-state index in [1.54, 1.807) is 0 Å². The van der Waals surface area contributed by atoms with E-state index >= 15 is 0 Å². The van der Waals surface area contributed by atoms with Crippen molar-refractivity contribution in [2.24, 2.45) is 5.92 Å². The molecular weight excluding hydrogens is 793 g/mol. The number of ether oxygens (including phenoxy) is 3. The Balaban J connectivity index is 4.29. The van der Waals surface area contributed by atoms with Gasteiger partial charge in [-0.1, -0.05) is 291 Å². The lowest BCUT2D eigenvalue weighted by molar-refractivity contribution is -0.167. The van der Waals surface area contributed by atoms with Crippen LogP contribution in [-0.2, 0) is 28.6 Å². The molecule has 0 aromatic rings. The van der Waals surface area contributed by atoms with E-state index in [0.717, 1.165) is 63.7 Å². The minimum absolute atomic E-state index is 0.0618. The largest absolute Gasteiger partial charge is 0.462 e. The summed E-state index contributed by atoms with van der Waals surface area (Å²) in [4.78, 5) is 38.1. The molecule has 0 bridgehead atoms. The van der Waals surface area contributed by atoms with Crippen molar-refractivity contribution < 1.29 is 28.6 Å². The Labute approximate surface area is 399 Å². The van der Waals surface area contributed by atoms with Gasteiger partial charge in [-0.2, -0.15) is 0 Å². The van der Waals surface area contributed by atoms with E-state index in [-0.39, 0.29) is 31.1 Å². The van der Waals surface area contributed by atoms with E-state index in [2.05, 4.69) is 27.7 Å². The Morgan fingerprint density at radius 2 is 0.516 bits per heavy atom. The fourth-order valence-electron chi connectivity index (χ4n) is 8.92. The zero-order chi connectivity index (χ0) is 46.7. The SMILES string of the molecule is CCCCCCCCCCCCCCCCCCC(=O)OC[C@H](COC(=O)CCCCCCCCCCCCCCCC(C)C)OC(=O)CCCCCCCCCCCCCCCC. The molecule has 0 aliphatic carbocycles. The van der Waals surface area contributed by atoms with E-state index in [1.807, 2.05) is 0 Å². The third-order valence-electron chi connectivity index (χ3n) is 13.3. The number of carbonyl (C=O) groups is 3. The lowest BCUT2D eigenvalue weighted by atomic mass is 10.0. The first-order valence-corrected chi connectivity index (χ1v) is 28.9. The van der Waals surface area contributed by atoms with Gasteiger partial charge >= 0.3 is 17.9 Å². The van der Waals surface area contributed by atoms with Crippen LogP contribution in [0.3, 0.4) is 0 Å². The summed E-state index contributed by atoms with van der Waals surface area (Å²) in [5, 5.41) is 0. The van der Waals surface area contributed by atoms with Gasteiger partial charge in [0.25, 0.3) is 0 Å². The maximum Gasteiger partial charge on any atom is 0.306 e. The van der Waals surface area contributed by atoms with Gasteiger partial charge in [-0.25, -0.2) is 0 Å². The highest BCUT2D eigenvalue weighted by Crippen LogP contribution is 2.18. The highest BCUT2D eigenvalue weighted by Gasteiger charge is 2.19. The summed E-state index contributed by atoms with van der Waals surface area (Å²) in [6, 6.07) is 0. The molecule has 0 aliphatic rings. The average Bonchev–Trinajstić information content (AvgIpc) is 3.28. The monoisotopic (exact) mass is 905 g/mol. The molecule has 0 radical (unpaired) electrons. The van der Waals surface area contributed by atoms with Gasteiger partial charge in [-0.15, -0.1) is 0 Å². The Hall–Kier alpha value is -1.59. The van der Waals surface area contributed by atoms with E-state index in [0.29, 0.717) is 19.3 Å². The molecule has 6 heteroatoms. The van der Waals surface area contributed by atoms with E-state index in [1.165, 1.54) is 225 Å². The van der Waals surface area contributed by atoms with Crippen LogP contribution in [0.4, 0.5) is 0 Å². The molecule has 0 rings (SSSR count). The number of unbranched alkanes of at least 4 members (excludes halogenated alkanes) is 40. The number of esters is 3. The van der Waals surface area contributed by atoms with Gasteiger partial charge in [0.2, 0.25) is 0 Å². The molecule has 0 saturated heterocycles. The lowest BCUT2D eigenvalue weighted by Crippen LogP contribution is -2.30. The average molecular weight is 906 g/mol. The van der Waals surface area contributed by atoms with Crippen molar-refractivity contribution in [3.05, 3.63) is 0 Å². The highest BCUT2D eigenvalue weighted by molar-refractivity contribution is 5.71. The summed E-state index contributed by atoms with van der Waals surface area (Å²) >= 11 is 0.